The van der Waals surface area contributed by atoms with E-state index in [1.54, 1.807) is 13.0 Å². The molecule has 0 fully saturated rings. The first-order valence-electron chi connectivity index (χ1n) is 5.52. The minimum atomic E-state index is -1.11. The SMILES string of the molecule is Cc1cc(=O)oc2cc(O[C@@H](C)C(=O)O)c(Cl)cc12. The maximum absolute atomic E-state index is 11.3. The maximum Gasteiger partial charge on any atom is 0.344 e. The normalized spacial score (nSPS) is 12.4. The fraction of sp³-hybridized carbons (Fsp3) is 0.231. The number of hydrogen-bond donors (Lipinski definition) is 1. The molecule has 0 aliphatic heterocycles. The van der Waals surface area contributed by atoms with Crippen LogP contribution in [0.2, 0.25) is 5.02 Å². The van der Waals surface area contributed by atoms with Crippen LogP contribution >= 0.6 is 11.6 Å². The van der Waals surface area contributed by atoms with Crippen LogP contribution in [0.5, 0.6) is 5.75 Å². The van der Waals surface area contributed by atoms with Crippen LogP contribution in [0.3, 0.4) is 0 Å². The van der Waals surface area contributed by atoms with Gasteiger partial charge in [-0.05, 0) is 25.5 Å². The van der Waals surface area contributed by atoms with E-state index in [2.05, 4.69) is 0 Å². The predicted octanol–water partition coefficient (Wildman–Crippen LogP) is 2.61. The molecule has 2 rings (SSSR count). The Morgan fingerprint density at radius 1 is 1.42 bits per heavy atom. The van der Waals surface area contributed by atoms with Crippen LogP contribution in [0.25, 0.3) is 11.0 Å². The molecule has 1 aromatic heterocycles. The molecule has 0 saturated heterocycles. The molecule has 0 bridgehead atoms. The van der Waals surface area contributed by atoms with Crippen molar-refractivity contribution in [2.75, 3.05) is 0 Å². The smallest absolute Gasteiger partial charge is 0.344 e. The molecule has 100 valence electrons. The highest BCUT2D eigenvalue weighted by Gasteiger charge is 2.16. The van der Waals surface area contributed by atoms with Gasteiger partial charge in [-0.1, -0.05) is 11.6 Å². The van der Waals surface area contributed by atoms with Crippen molar-refractivity contribution in [3.63, 3.8) is 0 Å². The van der Waals surface area contributed by atoms with Crippen molar-refractivity contribution in [3.05, 3.63) is 39.2 Å². The van der Waals surface area contributed by atoms with Crippen LogP contribution in [-0.4, -0.2) is 17.2 Å². The second-order valence-corrected chi connectivity index (χ2v) is 4.53. The zero-order valence-electron chi connectivity index (χ0n) is 10.3. The zero-order valence-corrected chi connectivity index (χ0v) is 11.0. The van der Waals surface area contributed by atoms with Gasteiger partial charge in [-0.25, -0.2) is 9.59 Å². The van der Waals surface area contributed by atoms with Crippen molar-refractivity contribution in [2.24, 2.45) is 0 Å². The Balaban J connectivity index is 2.55. The van der Waals surface area contributed by atoms with E-state index < -0.39 is 17.7 Å². The molecular weight excluding hydrogens is 272 g/mol. The number of ether oxygens (including phenoxy) is 1. The highest BCUT2D eigenvalue weighted by molar-refractivity contribution is 6.32. The Bertz CT molecular complexity index is 704. The molecule has 5 nitrogen and oxygen atoms in total. The van der Waals surface area contributed by atoms with Crippen molar-refractivity contribution < 1.29 is 19.1 Å². The number of fused-ring (bicyclic) bond motifs is 1. The number of rotatable bonds is 3. The summed E-state index contributed by atoms with van der Waals surface area (Å²) < 4.78 is 10.2. The molecular formula is C13H11ClO5. The summed E-state index contributed by atoms with van der Waals surface area (Å²) in [6.45, 7) is 3.14. The van der Waals surface area contributed by atoms with Gasteiger partial charge in [0.15, 0.2) is 6.10 Å². The quantitative estimate of drug-likeness (QED) is 0.876. The third-order valence-electron chi connectivity index (χ3n) is 2.66. The van der Waals surface area contributed by atoms with E-state index in [9.17, 15) is 9.59 Å². The number of carbonyl (C=O) groups is 1. The van der Waals surface area contributed by atoms with E-state index in [1.165, 1.54) is 19.1 Å². The average Bonchev–Trinajstić information content (AvgIpc) is 2.31. The average molecular weight is 283 g/mol. The molecule has 0 spiro atoms. The topological polar surface area (TPSA) is 76.7 Å². The van der Waals surface area contributed by atoms with Crippen LogP contribution in [0.15, 0.2) is 27.4 Å². The van der Waals surface area contributed by atoms with Crippen LogP contribution in [0.4, 0.5) is 0 Å². The van der Waals surface area contributed by atoms with Gasteiger partial charge in [-0.2, -0.15) is 0 Å². The van der Waals surface area contributed by atoms with E-state index in [0.717, 1.165) is 5.56 Å². The van der Waals surface area contributed by atoms with E-state index in [1.807, 2.05) is 0 Å². The Kier molecular flexibility index (Phi) is 3.48. The summed E-state index contributed by atoms with van der Waals surface area (Å²) in [6, 6.07) is 4.36. The van der Waals surface area contributed by atoms with E-state index >= 15 is 0 Å². The largest absolute Gasteiger partial charge is 0.479 e. The molecule has 0 amide bonds. The summed E-state index contributed by atoms with van der Waals surface area (Å²) in [5.41, 5.74) is 0.553. The Labute approximate surface area is 113 Å². The number of carboxylic acid groups (broad SMARTS) is 1. The van der Waals surface area contributed by atoms with Gasteiger partial charge in [-0.3, -0.25) is 0 Å². The van der Waals surface area contributed by atoms with E-state index in [0.29, 0.717) is 11.0 Å². The van der Waals surface area contributed by atoms with E-state index in [-0.39, 0.29) is 10.8 Å². The maximum atomic E-state index is 11.3. The fourth-order valence-corrected chi connectivity index (χ4v) is 1.86. The van der Waals surface area contributed by atoms with Gasteiger partial charge >= 0.3 is 11.6 Å². The lowest BCUT2D eigenvalue weighted by molar-refractivity contribution is -0.144. The highest BCUT2D eigenvalue weighted by Crippen LogP contribution is 2.31. The van der Waals surface area contributed by atoms with Gasteiger partial charge < -0.3 is 14.3 Å². The summed E-state index contributed by atoms with van der Waals surface area (Å²) in [6.07, 6.45) is -1.05. The summed E-state index contributed by atoms with van der Waals surface area (Å²) in [5, 5.41) is 9.74. The second kappa shape index (κ2) is 4.93. The summed E-state index contributed by atoms with van der Waals surface area (Å²) in [4.78, 5) is 22.0. The second-order valence-electron chi connectivity index (χ2n) is 4.13. The molecule has 19 heavy (non-hydrogen) atoms. The van der Waals surface area contributed by atoms with Gasteiger partial charge in [-0.15, -0.1) is 0 Å². The first-order chi connectivity index (χ1) is 8.88. The van der Waals surface area contributed by atoms with E-state index in [4.69, 9.17) is 25.9 Å². The molecule has 0 radical (unpaired) electrons. The minimum Gasteiger partial charge on any atom is -0.479 e. The lowest BCUT2D eigenvalue weighted by Gasteiger charge is -2.12. The number of halogens is 1. The standard InChI is InChI=1S/C13H11ClO5/c1-6-3-12(15)19-10-5-11(9(14)4-8(6)10)18-7(2)13(16)17/h3-5,7H,1-2H3,(H,16,17)/t7-/m0/s1. The molecule has 0 aliphatic carbocycles. The fourth-order valence-electron chi connectivity index (χ4n) is 1.65. The molecule has 2 aromatic rings. The number of aryl methyl sites for hydroxylation is 1. The highest BCUT2D eigenvalue weighted by atomic mass is 35.5. The van der Waals surface area contributed by atoms with Crippen molar-refractivity contribution in [2.45, 2.75) is 20.0 Å². The van der Waals surface area contributed by atoms with Crippen molar-refractivity contribution in [1.82, 2.24) is 0 Å². The van der Waals surface area contributed by atoms with Crippen LogP contribution in [0.1, 0.15) is 12.5 Å². The Morgan fingerprint density at radius 3 is 2.74 bits per heavy atom. The summed E-state index contributed by atoms with van der Waals surface area (Å²) in [5.74, 6) is -0.945. The van der Waals surface area contributed by atoms with Gasteiger partial charge in [0.05, 0.1) is 5.02 Å². The molecule has 0 aliphatic rings. The first kappa shape index (κ1) is 13.4. The molecule has 1 aromatic carbocycles. The number of aliphatic carboxylic acids is 1. The monoisotopic (exact) mass is 282 g/mol. The van der Waals surface area contributed by atoms with Gasteiger partial charge in [0.25, 0.3) is 0 Å². The van der Waals surface area contributed by atoms with Crippen LogP contribution in [0, 0.1) is 6.92 Å². The van der Waals surface area contributed by atoms with Gasteiger partial charge in [0, 0.05) is 17.5 Å². The lowest BCUT2D eigenvalue weighted by Crippen LogP contribution is -2.23. The zero-order chi connectivity index (χ0) is 14.2. The summed E-state index contributed by atoms with van der Waals surface area (Å²) >= 11 is 6.03. The molecule has 0 unspecified atom stereocenters. The van der Waals surface area contributed by atoms with Gasteiger partial charge in [0.2, 0.25) is 0 Å². The van der Waals surface area contributed by atoms with Crippen LogP contribution in [-0.2, 0) is 4.79 Å². The third-order valence-corrected chi connectivity index (χ3v) is 2.95. The Hall–Kier alpha value is -2.01. The van der Waals surface area contributed by atoms with Crippen LogP contribution < -0.4 is 10.4 Å². The molecule has 1 N–H and O–H groups in total. The molecule has 0 saturated carbocycles. The predicted molar refractivity (Wildman–Crippen MR) is 70.0 cm³/mol. The number of carboxylic acids is 1. The third kappa shape index (κ3) is 2.71. The Morgan fingerprint density at radius 2 is 2.11 bits per heavy atom. The van der Waals surface area contributed by atoms with Gasteiger partial charge in [0.1, 0.15) is 11.3 Å². The number of benzene rings is 1. The molecule has 1 heterocycles. The minimum absolute atomic E-state index is 0.165. The lowest BCUT2D eigenvalue weighted by atomic mass is 10.1. The number of hydrogen-bond acceptors (Lipinski definition) is 4. The van der Waals surface area contributed by atoms with Crippen molar-refractivity contribution >= 4 is 28.5 Å². The van der Waals surface area contributed by atoms with Crippen molar-refractivity contribution in [1.29, 1.82) is 0 Å². The first-order valence-corrected chi connectivity index (χ1v) is 5.89. The van der Waals surface area contributed by atoms with Crippen molar-refractivity contribution in [3.8, 4) is 5.75 Å². The molecule has 6 heteroatoms. The molecule has 1 atom stereocenters. The summed E-state index contributed by atoms with van der Waals surface area (Å²) in [7, 11) is 0.